The van der Waals surface area contributed by atoms with E-state index in [4.69, 9.17) is 37.3 Å². The SMILES string of the molecule is C#Cc1cc2c(s1)C(c1ccccc1)=NCc1c(COOCCCOC(=O)c3ncn4c3CN=C(c3ccccc3)c3sc(C#C)cc3-4)ncn1-2. The van der Waals surface area contributed by atoms with Gasteiger partial charge in [-0.3, -0.25) is 19.1 Å². The molecule has 0 fully saturated rings. The molecule has 0 N–H and O–H groups in total. The Morgan fingerprint density at radius 3 is 1.92 bits per heavy atom. The molecule has 0 atom stereocenters. The second-order valence-corrected chi connectivity index (χ2v) is 13.6. The first-order chi connectivity index (χ1) is 25.1. The average Bonchev–Trinajstić information content (AvgIpc) is 3.95. The Kier molecular flexibility index (Phi) is 8.97. The van der Waals surface area contributed by atoms with Crippen molar-refractivity contribution in [2.75, 3.05) is 13.2 Å². The van der Waals surface area contributed by atoms with Gasteiger partial charge in [0, 0.05) is 17.5 Å². The summed E-state index contributed by atoms with van der Waals surface area (Å²) in [5.74, 6) is 4.95. The lowest BCUT2D eigenvalue weighted by atomic mass is 10.1. The molecule has 12 heteroatoms. The number of hydrogen-bond donors (Lipinski definition) is 0. The van der Waals surface area contributed by atoms with Gasteiger partial charge in [-0.1, -0.05) is 72.5 Å². The predicted molar refractivity (Wildman–Crippen MR) is 196 cm³/mol. The molecule has 10 nitrogen and oxygen atoms in total. The third kappa shape index (κ3) is 6.22. The first-order valence-electron chi connectivity index (χ1n) is 16.1. The highest BCUT2D eigenvalue weighted by molar-refractivity contribution is 7.15. The molecule has 51 heavy (non-hydrogen) atoms. The predicted octanol–water partition coefficient (Wildman–Crippen LogP) is 6.54. The van der Waals surface area contributed by atoms with Crippen LogP contribution in [0.25, 0.3) is 11.4 Å². The van der Waals surface area contributed by atoms with Gasteiger partial charge in [0.05, 0.1) is 92.0 Å². The van der Waals surface area contributed by atoms with Gasteiger partial charge < -0.3 is 4.74 Å². The molecule has 2 aromatic carbocycles. The van der Waals surface area contributed by atoms with E-state index in [0.29, 0.717) is 24.4 Å². The highest BCUT2D eigenvalue weighted by atomic mass is 32.1. The number of rotatable bonds is 10. The number of hydrogen-bond acceptors (Lipinski definition) is 10. The average molecular weight is 709 g/mol. The fraction of sp³-hybridized carbons (Fsp3) is 0.154. The lowest BCUT2D eigenvalue weighted by molar-refractivity contribution is -0.305. The van der Waals surface area contributed by atoms with Gasteiger partial charge in [0.2, 0.25) is 0 Å². The van der Waals surface area contributed by atoms with E-state index >= 15 is 0 Å². The summed E-state index contributed by atoms with van der Waals surface area (Å²) in [6.07, 6.45) is 15.3. The summed E-state index contributed by atoms with van der Waals surface area (Å²) in [4.78, 5) is 46.5. The van der Waals surface area contributed by atoms with Crippen LogP contribution in [0.15, 0.2) is 95.4 Å². The van der Waals surface area contributed by atoms with Crippen LogP contribution in [0.4, 0.5) is 0 Å². The van der Waals surface area contributed by atoms with E-state index in [1.165, 1.54) is 22.7 Å². The van der Waals surface area contributed by atoms with Gasteiger partial charge in [0.25, 0.3) is 0 Å². The summed E-state index contributed by atoms with van der Waals surface area (Å²) in [5.41, 5.74) is 7.94. The van der Waals surface area contributed by atoms with Crippen LogP contribution in [-0.2, 0) is 34.2 Å². The minimum absolute atomic E-state index is 0.118. The fourth-order valence-electron chi connectivity index (χ4n) is 6.01. The van der Waals surface area contributed by atoms with E-state index in [1.54, 1.807) is 12.7 Å². The number of carbonyl (C=O) groups excluding carboxylic acids is 1. The van der Waals surface area contributed by atoms with E-state index in [2.05, 4.69) is 21.8 Å². The molecule has 6 heterocycles. The summed E-state index contributed by atoms with van der Waals surface area (Å²) in [7, 11) is 0. The van der Waals surface area contributed by atoms with Crippen LogP contribution in [0.3, 0.4) is 0 Å². The summed E-state index contributed by atoms with van der Waals surface area (Å²) >= 11 is 3.02. The number of esters is 1. The zero-order chi connectivity index (χ0) is 34.7. The first kappa shape index (κ1) is 32.3. The largest absolute Gasteiger partial charge is 0.461 e. The lowest BCUT2D eigenvalue weighted by Gasteiger charge is -2.07. The van der Waals surface area contributed by atoms with Crippen LogP contribution in [0.1, 0.15) is 64.6 Å². The Morgan fingerprint density at radius 1 is 0.745 bits per heavy atom. The molecule has 0 saturated carbocycles. The number of aromatic nitrogens is 4. The van der Waals surface area contributed by atoms with E-state index < -0.39 is 5.97 Å². The van der Waals surface area contributed by atoms with Crippen molar-refractivity contribution in [2.45, 2.75) is 26.1 Å². The van der Waals surface area contributed by atoms with Crippen LogP contribution in [0.2, 0.25) is 0 Å². The number of benzene rings is 2. The van der Waals surface area contributed by atoms with Crippen molar-refractivity contribution >= 4 is 40.1 Å². The molecule has 250 valence electrons. The molecule has 2 aliphatic rings. The molecule has 0 saturated heterocycles. The molecular weight excluding hydrogens is 681 g/mol. The number of ether oxygens (including phenoxy) is 1. The Balaban J connectivity index is 0.879. The van der Waals surface area contributed by atoms with Crippen molar-refractivity contribution in [1.82, 2.24) is 19.1 Å². The van der Waals surface area contributed by atoms with E-state index in [0.717, 1.165) is 59.1 Å². The molecule has 0 unspecified atom stereocenters. The zero-order valence-electron chi connectivity index (χ0n) is 27.1. The maximum absolute atomic E-state index is 13.2. The van der Waals surface area contributed by atoms with E-state index in [1.807, 2.05) is 81.9 Å². The maximum atomic E-state index is 13.2. The number of terminal acetylenes is 2. The second kappa shape index (κ2) is 14.2. The molecule has 0 bridgehead atoms. The molecule has 4 aromatic heterocycles. The highest BCUT2D eigenvalue weighted by Gasteiger charge is 2.28. The van der Waals surface area contributed by atoms with Crippen LogP contribution in [0.5, 0.6) is 0 Å². The molecule has 0 amide bonds. The number of aliphatic imine (C=N–C) groups is 2. The van der Waals surface area contributed by atoms with Crippen molar-refractivity contribution in [3.05, 3.63) is 139 Å². The Hall–Kier alpha value is -5.89. The zero-order valence-corrected chi connectivity index (χ0v) is 28.7. The van der Waals surface area contributed by atoms with Crippen LogP contribution < -0.4 is 0 Å². The lowest BCUT2D eigenvalue weighted by Crippen LogP contribution is -2.12. The summed E-state index contributed by atoms with van der Waals surface area (Å²) in [6, 6.07) is 23.9. The number of imidazole rings is 2. The maximum Gasteiger partial charge on any atom is 0.358 e. The molecule has 6 aromatic rings. The summed E-state index contributed by atoms with van der Waals surface area (Å²) < 4.78 is 9.47. The quantitative estimate of drug-likeness (QED) is 0.0527. The topological polar surface area (TPSA) is 105 Å². The number of fused-ring (bicyclic) bond motifs is 6. The number of carbonyl (C=O) groups is 1. The third-order valence-corrected chi connectivity index (χ3v) is 10.5. The van der Waals surface area contributed by atoms with Crippen molar-refractivity contribution < 1.29 is 19.3 Å². The van der Waals surface area contributed by atoms with Gasteiger partial charge >= 0.3 is 5.97 Å². The van der Waals surface area contributed by atoms with Crippen LogP contribution >= 0.6 is 22.7 Å². The Labute approximate surface area is 301 Å². The standard InChI is InChI=1S/C39H28N6O4S2/c1-3-27-18-30-37(50-27)34(25-12-7-5-8-13-25)40-20-32-29(42-23-44(30)32)22-49-48-17-11-16-47-39(46)36-33-21-41-35(26-14-9-6-10-15-26)38-31(45(33)24-43-36)19-28(4-2)51-38/h1-2,5-10,12-15,18-19,23-24H,11,16-17,20-22H2. The van der Waals surface area contributed by atoms with Crippen molar-refractivity contribution in [1.29, 1.82) is 0 Å². The third-order valence-electron chi connectivity index (χ3n) is 8.42. The second-order valence-electron chi connectivity index (χ2n) is 11.5. The minimum atomic E-state index is -0.533. The molecular formula is C39H28N6O4S2. The first-order valence-corrected chi connectivity index (χ1v) is 17.7. The normalized spacial score (nSPS) is 12.9. The molecule has 8 rings (SSSR count). The summed E-state index contributed by atoms with van der Waals surface area (Å²) in [5, 5.41) is 0. The van der Waals surface area contributed by atoms with Gasteiger partial charge in [0.1, 0.15) is 12.9 Å². The number of thiophene rings is 2. The molecule has 0 aliphatic carbocycles. The van der Waals surface area contributed by atoms with Crippen molar-refractivity contribution in [3.63, 3.8) is 0 Å². The van der Waals surface area contributed by atoms with Gasteiger partial charge in [-0.05, 0) is 12.1 Å². The fourth-order valence-corrected chi connectivity index (χ4v) is 7.99. The van der Waals surface area contributed by atoms with Gasteiger partial charge in [0.15, 0.2) is 5.69 Å². The van der Waals surface area contributed by atoms with Crippen LogP contribution in [-0.4, -0.2) is 49.7 Å². The van der Waals surface area contributed by atoms with E-state index in [-0.39, 0.29) is 32.1 Å². The van der Waals surface area contributed by atoms with Gasteiger partial charge in [-0.15, -0.1) is 35.5 Å². The van der Waals surface area contributed by atoms with Crippen molar-refractivity contribution in [2.24, 2.45) is 9.98 Å². The molecule has 0 spiro atoms. The minimum Gasteiger partial charge on any atom is -0.461 e. The molecule has 2 aliphatic heterocycles. The van der Waals surface area contributed by atoms with E-state index in [9.17, 15) is 4.79 Å². The Morgan fingerprint density at radius 2 is 1.31 bits per heavy atom. The van der Waals surface area contributed by atoms with Gasteiger partial charge in [-0.2, -0.15) is 0 Å². The van der Waals surface area contributed by atoms with Crippen LogP contribution in [0, 0.1) is 24.7 Å². The van der Waals surface area contributed by atoms with Gasteiger partial charge in [-0.25, -0.2) is 24.5 Å². The summed E-state index contributed by atoms with van der Waals surface area (Å²) in [6.45, 7) is 1.12. The van der Waals surface area contributed by atoms with Crippen molar-refractivity contribution in [3.8, 4) is 36.1 Å². The highest BCUT2D eigenvalue weighted by Crippen LogP contribution is 2.34. The molecule has 0 radical (unpaired) electrons. The Bertz CT molecular complexity index is 2400. The monoisotopic (exact) mass is 708 g/mol. The number of nitrogens with zero attached hydrogens (tertiary/aromatic N) is 6. The smallest absolute Gasteiger partial charge is 0.358 e.